The number of carbonyl (C=O) groups excluding carboxylic acids is 1. The molecule has 4 rings (SSSR count). The Hall–Kier alpha value is -1.87. The lowest BCUT2D eigenvalue weighted by Crippen LogP contribution is -2.36. The minimum absolute atomic E-state index is 0.0388. The summed E-state index contributed by atoms with van der Waals surface area (Å²) in [7, 11) is -3.75. The molecule has 1 saturated carbocycles. The number of furan rings is 1. The monoisotopic (exact) mass is 437 g/mol. The molecular weight excluding hydrogens is 414 g/mol. The van der Waals surface area contributed by atoms with Gasteiger partial charge in [-0.3, -0.25) is 9.69 Å². The van der Waals surface area contributed by atoms with Crippen LogP contribution < -0.4 is 10.0 Å². The van der Waals surface area contributed by atoms with Crippen molar-refractivity contribution in [1.82, 2.24) is 14.9 Å². The highest BCUT2D eigenvalue weighted by atomic mass is 35.5. The SMILES string of the molecule is O=C(NCC(c1ccco1)N1CCCC1)c1ccc(Cl)c(S(=O)(=O)NC2CC2)c1. The smallest absolute Gasteiger partial charge is 0.251 e. The van der Waals surface area contributed by atoms with Crippen LogP contribution in [0, 0.1) is 0 Å². The molecule has 1 atom stereocenters. The summed E-state index contributed by atoms with van der Waals surface area (Å²) >= 11 is 6.10. The Kier molecular flexibility index (Phi) is 5.96. The minimum Gasteiger partial charge on any atom is -0.468 e. The van der Waals surface area contributed by atoms with Crippen LogP contribution in [0.4, 0.5) is 0 Å². The molecule has 2 aromatic rings. The van der Waals surface area contributed by atoms with Crippen molar-refractivity contribution < 1.29 is 17.6 Å². The molecule has 1 amide bonds. The Morgan fingerprint density at radius 2 is 2.00 bits per heavy atom. The average molecular weight is 438 g/mol. The van der Waals surface area contributed by atoms with Gasteiger partial charge in [-0.25, -0.2) is 13.1 Å². The van der Waals surface area contributed by atoms with E-state index in [2.05, 4.69) is 14.9 Å². The Labute approximate surface area is 175 Å². The second kappa shape index (κ2) is 8.47. The Bertz CT molecular complexity index is 968. The quantitative estimate of drug-likeness (QED) is 0.662. The normalized spacial score (nSPS) is 18.7. The number of sulfonamides is 1. The molecule has 9 heteroatoms. The van der Waals surface area contributed by atoms with E-state index in [1.165, 1.54) is 18.2 Å². The van der Waals surface area contributed by atoms with Gasteiger partial charge in [0.25, 0.3) is 5.91 Å². The zero-order valence-electron chi connectivity index (χ0n) is 15.9. The van der Waals surface area contributed by atoms with Gasteiger partial charge in [0, 0.05) is 18.2 Å². The fourth-order valence-corrected chi connectivity index (χ4v) is 5.40. The van der Waals surface area contributed by atoms with Gasteiger partial charge in [-0.15, -0.1) is 0 Å². The van der Waals surface area contributed by atoms with Crippen molar-refractivity contribution in [2.45, 2.75) is 42.7 Å². The first-order chi connectivity index (χ1) is 13.9. The van der Waals surface area contributed by atoms with Gasteiger partial charge in [-0.2, -0.15) is 0 Å². The zero-order valence-corrected chi connectivity index (χ0v) is 17.5. The molecule has 2 N–H and O–H groups in total. The fourth-order valence-electron chi connectivity index (χ4n) is 3.57. The van der Waals surface area contributed by atoms with Crippen LogP contribution in [-0.4, -0.2) is 44.9 Å². The van der Waals surface area contributed by atoms with Crippen molar-refractivity contribution in [3.8, 4) is 0 Å². The van der Waals surface area contributed by atoms with Crippen molar-refractivity contribution in [3.63, 3.8) is 0 Å². The van der Waals surface area contributed by atoms with Gasteiger partial charge in [0.1, 0.15) is 10.7 Å². The highest BCUT2D eigenvalue weighted by molar-refractivity contribution is 7.89. The van der Waals surface area contributed by atoms with Gasteiger partial charge < -0.3 is 9.73 Å². The molecule has 1 aliphatic heterocycles. The van der Waals surface area contributed by atoms with Crippen molar-refractivity contribution >= 4 is 27.5 Å². The van der Waals surface area contributed by atoms with E-state index >= 15 is 0 Å². The lowest BCUT2D eigenvalue weighted by molar-refractivity contribution is 0.0933. The molecule has 156 valence electrons. The molecule has 1 aromatic carbocycles. The molecule has 2 aliphatic rings. The number of hydrogen-bond donors (Lipinski definition) is 2. The fraction of sp³-hybridized carbons (Fsp3) is 0.450. The third kappa shape index (κ3) is 4.83. The zero-order chi connectivity index (χ0) is 20.4. The minimum atomic E-state index is -3.75. The van der Waals surface area contributed by atoms with Gasteiger partial charge in [0.05, 0.1) is 17.3 Å². The number of nitrogens with one attached hydrogen (secondary N) is 2. The molecule has 29 heavy (non-hydrogen) atoms. The first kappa shape index (κ1) is 20.4. The molecule has 1 unspecified atom stereocenters. The predicted molar refractivity (Wildman–Crippen MR) is 109 cm³/mol. The van der Waals surface area contributed by atoms with E-state index in [4.69, 9.17) is 16.0 Å². The van der Waals surface area contributed by atoms with Gasteiger partial charge in [-0.05, 0) is 69.1 Å². The van der Waals surface area contributed by atoms with Crippen LogP contribution >= 0.6 is 11.6 Å². The van der Waals surface area contributed by atoms with E-state index in [1.54, 1.807) is 6.26 Å². The molecule has 1 aromatic heterocycles. The third-order valence-electron chi connectivity index (χ3n) is 5.29. The molecular formula is C20H24ClN3O4S. The highest BCUT2D eigenvalue weighted by Crippen LogP contribution is 2.28. The molecule has 2 fully saturated rings. The summed E-state index contributed by atoms with van der Waals surface area (Å²) in [6.07, 6.45) is 5.52. The van der Waals surface area contributed by atoms with E-state index in [9.17, 15) is 13.2 Å². The topological polar surface area (TPSA) is 91.7 Å². The van der Waals surface area contributed by atoms with E-state index in [0.717, 1.165) is 44.5 Å². The van der Waals surface area contributed by atoms with Crippen molar-refractivity contribution in [1.29, 1.82) is 0 Å². The van der Waals surface area contributed by atoms with E-state index in [-0.39, 0.29) is 33.5 Å². The van der Waals surface area contributed by atoms with Crippen LogP contribution in [0.2, 0.25) is 5.02 Å². The summed E-state index contributed by atoms with van der Waals surface area (Å²) in [4.78, 5) is 15.0. The van der Waals surface area contributed by atoms with Gasteiger partial charge in [0.15, 0.2) is 0 Å². The average Bonchev–Trinajstić information content (AvgIpc) is 3.15. The van der Waals surface area contributed by atoms with Crippen LogP contribution in [0.5, 0.6) is 0 Å². The van der Waals surface area contributed by atoms with Crippen LogP contribution in [0.25, 0.3) is 0 Å². The largest absolute Gasteiger partial charge is 0.468 e. The van der Waals surface area contributed by atoms with Crippen molar-refractivity contribution in [2.75, 3.05) is 19.6 Å². The van der Waals surface area contributed by atoms with Crippen LogP contribution in [0.1, 0.15) is 47.8 Å². The lowest BCUT2D eigenvalue weighted by atomic mass is 10.1. The lowest BCUT2D eigenvalue weighted by Gasteiger charge is -2.26. The maximum atomic E-state index is 12.7. The second-order valence-electron chi connectivity index (χ2n) is 7.53. The number of halogens is 1. The Morgan fingerprint density at radius 3 is 2.66 bits per heavy atom. The summed E-state index contributed by atoms with van der Waals surface area (Å²) in [6, 6.07) is 7.97. The first-order valence-electron chi connectivity index (χ1n) is 9.81. The molecule has 7 nitrogen and oxygen atoms in total. The highest BCUT2D eigenvalue weighted by Gasteiger charge is 2.30. The summed E-state index contributed by atoms with van der Waals surface area (Å²) in [6.45, 7) is 2.28. The number of hydrogen-bond acceptors (Lipinski definition) is 5. The van der Waals surface area contributed by atoms with Crippen molar-refractivity contribution in [2.24, 2.45) is 0 Å². The molecule has 0 spiro atoms. The molecule has 0 bridgehead atoms. The molecule has 2 heterocycles. The number of benzene rings is 1. The molecule has 1 saturated heterocycles. The van der Waals surface area contributed by atoms with Gasteiger partial charge in [0.2, 0.25) is 10.0 Å². The number of amides is 1. The van der Waals surface area contributed by atoms with Gasteiger partial charge >= 0.3 is 0 Å². The second-order valence-corrected chi connectivity index (χ2v) is 9.61. The Morgan fingerprint density at radius 1 is 1.24 bits per heavy atom. The van der Waals surface area contributed by atoms with E-state index < -0.39 is 10.0 Å². The third-order valence-corrected chi connectivity index (χ3v) is 7.29. The summed E-state index contributed by atoms with van der Waals surface area (Å²) in [5.41, 5.74) is 0.255. The summed E-state index contributed by atoms with van der Waals surface area (Å²) in [5, 5.41) is 3.01. The van der Waals surface area contributed by atoms with Crippen molar-refractivity contribution in [3.05, 3.63) is 52.9 Å². The van der Waals surface area contributed by atoms with E-state index in [1.807, 2.05) is 12.1 Å². The van der Waals surface area contributed by atoms with Gasteiger partial charge in [-0.1, -0.05) is 11.6 Å². The predicted octanol–water partition coefficient (Wildman–Crippen LogP) is 2.94. The van der Waals surface area contributed by atoms with Crippen LogP contribution in [0.15, 0.2) is 45.9 Å². The number of likely N-dealkylation sites (tertiary alicyclic amines) is 1. The molecule has 0 radical (unpaired) electrons. The summed E-state index contributed by atoms with van der Waals surface area (Å²) in [5.74, 6) is 0.459. The molecule has 1 aliphatic carbocycles. The maximum absolute atomic E-state index is 12.7. The summed E-state index contributed by atoms with van der Waals surface area (Å²) < 4.78 is 33.2. The van der Waals surface area contributed by atoms with Crippen LogP contribution in [0.3, 0.4) is 0 Å². The van der Waals surface area contributed by atoms with Crippen LogP contribution in [-0.2, 0) is 10.0 Å². The maximum Gasteiger partial charge on any atom is 0.251 e. The Balaban J connectivity index is 1.48. The number of carbonyl (C=O) groups is 1. The number of nitrogens with zero attached hydrogens (tertiary/aromatic N) is 1. The van der Waals surface area contributed by atoms with E-state index in [0.29, 0.717) is 6.54 Å². The number of rotatable bonds is 8. The standard InChI is InChI=1S/C20H24ClN3O4S/c21-16-8-5-14(12-19(16)29(26,27)23-15-6-7-15)20(25)22-13-17(18-4-3-11-28-18)24-9-1-2-10-24/h3-5,8,11-12,15,17,23H,1-2,6-7,9-10,13H2,(H,22,25). The first-order valence-corrected chi connectivity index (χ1v) is 11.7.